The van der Waals surface area contributed by atoms with Crippen molar-refractivity contribution in [2.75, 3.05) is 0 Å². The second kappa shape index (κ2) is 11.1. The van der Waals surface area contributed by atoms with Crippen molar-refractivity contribution in [1.82, 2.24) is 0 Å². The van der Waals surface area contributed by atoms with Gasteiger partial charge in [0.2, 0.25) is 0 Å². The average Bonchev–Trinajstić information content (AvgIpc) is 2.79. The Hall–Kier alpha value is -2.37. The van der Waals surface area contributed by atoms with Gasteiger partial charge in [0.05, 0.1) is 17.3 Å². The van der Waals surface area contributed by atoms with Gasteiger partial charge < -0.3 is 14.6 Å². The number of phenolic OH excluding ortho intramolecular Hbond substituents is 1. The number of phenols is 1. The molecule has 30 heavy (non-hydrogen) atoms. The molecule has 1 aliphatic rings. The van der Waals surface area contributed by atoms with Crippen LogP contribution in [-0.2, 0) is 29.5 Å². The SMILES string of the molecule is C.C.C.C.CCC(C)(CC1(C)CC(=O)OC1=O)C(=O)OC(C)(C)c1ccc(O)cc1. The van der Waals surface area contributed by atoms with Gasteiger partial charge in [-0.3, -0.25) is 14.4 Å². The van der Waals surface area contributed by atoms with Gasteiger partial charge >= 0.3 is 17.9 Å². The molecule has 1 saturated heterocycles. The maximum absolute atomic E-state index is 13.0. The molecule has 1 fully saturated rings. The lowest BCUT2D eigenvalue weighted by Gasteiger charge is -2.36. The van der Waals surface area contributed by atoms with E-state index in [0.29, 0.717) is 6.42 Å². The summed E-state index contributed by atoms with van der Waals surface area (Å²) in [4.78, 5) is 36.5. The third-order valence-electron chi connectivity index (χ3n) is 5.20. The van der Waals surface area contributed by atoms with Crippen LogP contribution < -0.4 is 0 Å². The molecule has 0 amide bonds. The first-order chi connectivity index (χ1) is 11.9. The third-order valence-corrected chi connectivity index (χ3v) is 5.20. The second-order valence-electron chi connectivity index (χ2n) is 8.04. The molecule has 0 aliphatic carbocycles. The van der Waals surface area contributed by atoms with Crippen LogP contribution >= 0.6 is 0 Å². The summed E-state index contributed by atoms with van der Waals surface area (Å²) in [7, 11) is 0. The topological polar surface area (TPSA) is 89.9 Å². The minimum atomic E-state index is -1.02. The van der Waals surface area contributed by atoms with Crippen LogP contribution in [0.2, 0.25) is 0 Å². The average molecular weight is 427 g/mol. The Morgan fingerprint density at radius 3 is 2.00 bits per heavy atom. The minimum absolute atomic E-state index is 0. The van der Waals surface area contributed by atoms with Crippen molar-refractivity contribution in [3.63, 3.8) is 0 Å². The Morgan fingerprint density at radius 1 is 1.10 bits per heavy atom. The maximum atomic E-state index is 13.0. The summed E-state index contributed by atoms with van der Waals surface area (Å²) in [6.45, 7) is 8.77. The molecule has 6 nitrogen and oxygen atoms in total. The molecule has 2 rings (SSSR count). The molecule has 1 aromatic rings. The Morgan fingerprint density at radius 2 is 1.60 bits per heavy atom. The van der Waals surface area contributed by atoms with E-state index >= 15 is 0 Å². The van der Waals surface area contributed by atoms with E-state index in [1.54, 1.807) is 39.8 Å². The van der Waals surface area contributed by atoms with Crippen molar-refractivity contribution in [2.24, 2.45) is 10.8 Å². The van der Waals surface area contributed by atoms with Crippen LogP contribution in [0.15, 0.2) is 24.3 Å². The van der Waals surface area contributed by atoms with E-state index in [2.05, 4.69) is 4.74 Å². The van der Waals surface area contributed by atoms with Gasteiger partial charge in [-0.15, -0.1) is 0 Å². The fraction of sp³-hybridized carbons (Fsp3) is 0.625. The highest BCUT2D eigenvalue weighted by molar-refractivity contribution is 5.97. The van der Waals surface area contributed by atoms with Crippen molar-refractivity contribution >= 4 is 17.9 Å². The molecule has 6 heteroatoms. The molecule has 1 aliphatic heterocycles. The molecule has 0 spiro atoms. The van der Waals surface area contributed by atoms with Gasteiger partial charge in [-0.25, -0.2) is 0 Å². The smallest absolute Gasteiger partial charge is 0.320 e. The highest BCUT2D eigenvalue weighted by Gasteiger charge is 2.51. The number of rotatable bonds is 6. The van der Waals surface area contributed by atoms with E-state index in [1.165, 1.54) is 12.1 Å². The summed E-state index contributed by atoms with van der Waals surface area (Å²) in [5, 5.41) is 9.43. The number of esters is 3. The molecular weight excluding hydrogens is 384 g/mol. The van der Waals surface area contributed by atoms with Gasteiger partial charge in [0.15, 0.2) is 0 Å². The highest BCUT2D eigenvalue weighted by atomic mass is 16.6. The molecule has 0 bridgehead atoms. The lowest BCUT2D eigenvalue weighted by molar-refractivity contribution is -0.172. The van der Waals surface area contributed by atoms with Crippen molar-refractivity contribution in [3.8, 4) is 5.75 Å². The minimum Gasteiger partial charge on any atom is -0.508 e. The summed E-state index contributed by atoms with van der Waals surface area (Å²) in [5.41, 5.74) is -2.13. The number of hydrogen-bond donors (Lipinski definition) is 1. The van der Waals surface area contributed by atoms with Crippen molar-refractivity contribution in [3.05, 3.63) is 29.8 Å². The lowest BCUT2D eigenvalue weighted by Crippen LogP contribution is -2.40. The summed E-state index contributed by atoms with van der Waals surface area (Å²) in [6.07, 6.45) is 0.593. The molecule has 2 unspecified atom stereocenters. The summed E-state index contributed by atoms with van der Waals surface area (Å²) in [6, 6.07) is 6.46. The monoisotopic (exact) mass is 426 g/mol. The van der Waals surface area contributed by atoms with Crippen LogP contribution in [0, 0.1) is 10.8 Å². The van der Waals surface area contributed by atoms with E-state index in [1.807, 2.05) is 6.92 Å². The van der Waals surface area contributed by atoms with Crippen LogP contribution in [0.4, 0.5) is 0 Å². The summed E-state index contributed by atoms with van der Waals surface area (Å²) >= 11 is 0. The largest absolute Gasteiger partial charge is 0.508 e. The zero-order valence-corrected chi connectivity index (χ0v) is 15.9. The summed E-state index contributed by atoms with van der Waals surface area (Å²) < 4.78 is 10.5. The van der Waals surface area contributed by atoms with E-state index in [0.717, 1.165) is 5.56 Å². The molecule has 2 atom stereocenters. The van der Waals surface area contributed by atoms with E-state index < -0.39 is 34.3 Å². The van der Waals surface area contributed by atoms with Crippen LogP contribution in [0.25, 0.3) is 0 Å². The Balaban J connectivity index is -0.00000182. The normalized spacial score (nSPS) is 19.6. The molecule has 0 aromatic heterocycles. The highest BCUT2D eigenvalue weighted by Crippen LogP contribution is 2.44. The first kappa shape index (κ1) is 32.3. The number of ether oxygens (including phenoxy) is 2. The molecular formula is C24H42O6. The van der Waals surface area contributed by atoms with E-state index in [9.17, 15) is 19.5 Å². The van der Waals surface area contributed by atoms with Crippen LogP contribution in [0.3, 0.4) is 0 Å². The standard InChI is InChI=1S/C20H26O6.4CH4/c1-6-19(4,12-20(5)11-15(22)25-16(20)23)17(24)26-18(2,3)13-7-9-14(21)10-8-13;;;;/h7-10,21H,6,11-12H2,1-5H3;4*1H4. The van der Waals surface area contributed by atoms with Crippen LogP contribution in [-0.4, -0.2) is 23.0 Å². The fourth-order valence-corrected chi connectivity index (χ4v) is 3.27. The van der Waals surface area contributed by atoms with Gasteiger partial charge in [-0.05, 0) is 58.2 Å². The Kier molecular flexibility index (Phi) is 12.0. The first-order valence-corrected chi connectivity index (χ1v) is 8.70. The third kappa shape index (κ3) is 6.57. The van der Waals surface area contributed by atoms with Crippen LogP contribution in [0.1, 0.15) is 89.2 Å². The number of carbonyl (C=O) groups excluding carboxylic acids is 3. The first-order valence-electron chi connectivity index (χ1n) is 8.70. The quantitative estimate of drug-likeness (QED) is 0.443. The van der Waals surface area contributed by atoms with Gasteiger partial charge in [-0.2, -0.15) is 0 Å². The number of carbonyl (C=O) groups is 3. The zero-order valence-electron chi connectivity index (χ0n) is 15.9. The number of hydrogen-bond acceptors (Lipinski definition) is 6. The van der Waals surface area contributed by atoms with Gasteiger partial charge in [0.1, 0.15) is 11.4 Å². The van der Waals surface area contributed by atoms with Gasteiger partial charge in [-0.1, -0.05) is 48.8 Å². The van der Waals surface area contributed by atoms with E-state index in [4.69, 9.17) is 4.74 Å². The van der Waals surface area contributed by atoms with Gasteiger partial charge in [0.25, 0.3) is 0 Å². The fourth-order valence-electron chi connectivity index (χ4n) is 3.27. The predicted molar refractivity (Wildman–Crippen MR) is 121 cm³/mol. The molecule has 0 saturated carbocycles. The maximum Gasteiger partial charge on any atom is 0.320 e. The molecule has 1 heterocycles. The van der Waals surface area contributed by atoms with Crippen molar-refractivity contribution in [1.29, 1.82) is 0 Å². The Bertz CT molecular complexity index is 722. The molecule has 1 N–H and O–H groups in total. The van der Waals surface area contributed by atoms with Crippen molar-refractivity contribution in [2.45, 2.75) is 89.2 Å². The summed E-state index contributed by atoms with van der Waals surface area (Å²) in [5.74, 6) is -1.46. The number of cyclic esters (lactones) is 2. The Labute approximate surface area is 183 Å². The van der Waals surface area contributed by atoms with Crippen LogP contribution in [0.5, 0.6) is 5.75 Å². The zero-order chi connectivity index (χ0) is 19.8. The molecule has 0 radical (unpaired) electrons. The number of benzene rings is 1. The van der Waals surface area contributed by atoms with E-state index in [-0.39, 0.29) is 48.3 Å². The predicted octanol–water partition coefficient (Wildman–Crippen LogP) is 6.00. The van der Waals surface area contributed by atoms with Gasteiger partial charge in [0, 0.05) is 0 Å². The lowest BCUT2D eigenvalue weighted by atomic mass is 9.70. The second-order valence-corrected chi connectivity index (χ2v) is 8.04. The molecule has 1 aromatic carbocycles. The van der Waals surface area contributed by atoms with Crippen molar-refractivity contribution < 1.29 is 29.0 Å². The molecule has 174 valence electrons. The number of aromatic hydroxyl groups is 1.